The molecule has 0 bridgehead atoms. The summed E-state index contributed by atoms with van der Waals surface area (Å²) in [5.74, 6) is -1.29. The van der Waals surface area contributed by atoms with Gasteiger partial charge in [0.1, 0.15) is 5.82 Å². The molecular formula is C31H34F3N5O3. The van der Waals surface area contributed by atoms with Gasteiger partial charge < -0.3 is 20.2 Å². The van der Waals surface area contributed by atoms with Crippen LogP contribution in [-0.2, 0) is 43.5 Å². The van der Waals surface area contributed by atoms with E-state index >= 15 is 0 Å². The Balaban J connectivity index is 1.60. The molecule has 222 valence electrons. The number of alkyl carbamates (subject to hydrolysis) is 1. The maximum absolute atomic E-state index is 13.5. The molecule has 4 aromatic rings. The number of hydrogen-bond acceptors (Lipinski definition) is 7. The Labute approximate surface area is 242 Å². The standard InChI is InChI=1S/C31H34F3N5O3/c1-18(2)14-28-24(16-35)23(12-13-41-31(40)36-17-21-6-10-25(33)26(34)15-21)29(30-39-38-19(3)42-30)27(37-28)11-7-20-4-8-22(32)9-5-20/h4-6,8-10,15,18H,7,11-14,16-17,35H2,1-3H3,(H,36,40). The lowest BCUT2D eigenvalue weighted by Crippen LogP contribution is -2.25. The minimum absolute atomic E-state index is 0.000729. The van der Waals surface area contributed by atoms with Crippen LogP contribution >= 0.6 is 0 Å². The van der Waals surface area contributed by atoms with E-state index in [0.717, 1.165) is 40.2 Å². The second-order valence-corrected chi connectivity index (χ2v) is 10.4. The first-order valence-corrected chi connectivity index (χ1v) is 13.8. The van der Waals surface area contributed by atoms with E-state index in [-0.39, 0.29) is 31.4 Å². The Morgan fingerprint density at radius 3 is 2.33 bits per heavy atom. The monoisotopic (exact) mass is 581 g/mol. The van der Waals surface area contributed by atoms with Gasteiger partial charge >= 0.3 is 6.09 Å². The van der Waals surface area contributed by atoms with Crippen molar-refractivity contribution in [2.75, 3.05) is 6.61 Å². The normalized spacial score (nSPS) is 11.2. The Kier molecular flexibility index (Phi) is 10.3. The largest absolute Gasteiger partial charge is 0.449 e. The van der Waals surface area contributed by atoms with Crippen molar-refractivity contribution in [3.8, 4) is 11.5 Å². The van der Waals surface area contributed by atoms with Crippen molar-refractivity contribution in [1.82, 2.24) is 20.5 Å². The maximum atomic E-state index is 13.5. The molecule has 0 saturated carbocycles. The number of nitrogens with one attached hydrogen (secondary N) is 1. The van der Waals surface area contributed by atoms with E-state index < -0.39 is 17.7 Å². The van der Waals surface area contributed by atoms with Crippen LogP contribution in [0.1, 0.15) is 53.4 Å². The van der Waals surface area contributed by atoms with Gasteiger partial charge in [0.2, 0.25) is 11.8 Å². The number of carbonyl (C=O) groups is 1. The van der Waals surface area contributed by atoms with Crippen molar-refractivity contribution in [2.45, 2.75) is 59.5 Å². The number of halogens is 3. The highest BCUT2D eigenvalue weighted by Gasteiger charge is 2.24. The van der Waals surface area contributed by atoms with Crippen LogP contribution in [-0.4, -0.2) is 27.9 Å². The molecule has 0 saturated heterocycles. The van der Waals surface area contributed by atoms with E-state index in [0.29, 0.717) is 48.6 Å². The van der Waals surface area contributed by atoms with Crippen molar-refractivity contribution in [1.29, 1.82) is 0 Å². The molecule has 2 aromatic heterocycles. The van der Waals surface area contributed by atoms with Crippen LogP contribution < -0.4 is 11.1 Å². The molecule has 4 rings (SSSR count). The van der Waals surface area contributed by atoms with Gasteiger partial charge in [-0.1, -0.05) is 32.0 Å². The second-order valence-electron chi connectivity index (χ2n) is 10.4. The maximum Gasteiger partial charge on any atom is 0.407 e. The number of nitrogens with two attached hydrogens (primary N) is 1. The number of amides is 1. The third-order valence-corrected chi connectivity index (χ3v) is 6.69. The van der Waals surface area contributed by atoms with Gasteiger partial charge in [0.25, 0.3) is 0 Å². The Bertz CT molecular complexity index is 1520. The summed E-state index contributed by atoms with van der Waals surface area (Å²) in [5, 5.41) is 10.8. The first-order chi connectivity index (χ1) is 20.1. The van der Waals surface area contributed by atoms with Gasteiger partial charge in [-0.3, -0.25) is 4.98 Å². The molecule has 0 spiro atoms. The predicted octanol–water partition coefficient (Wildman–Crippen LogP) is 5.77. The van der Waals surface area contributed by atoms with Crippen LogP contribution in [0.2, 0.25) is 0 Å². The van der Waals surface area contributed by atoms with Gasteiger partial charge in [-0.25, -0.2) is 18.0 Å². The van der Waals surface area contributed by atoms with Gasteiger partial charge in [-0.15, -0.1) is 10.2 Å². The molecule has 2 aromatic carbocycles. The molecule has 42 heavy (non-hydrogen) atoms. The number of hydrogen-bond donors (Lipinski definition) is 2. The quantitative estimate of drug-likeness (QED) is 0.218. The molecule has 0 radical (unpaired) electrons. The lowest BCUT2D eigenvalue weighted by molar-refractivity contribution is 0.147. The number of pyridine rings is 1. The van der Waals surface area contributed by atoms with E-state index in [4.69, 9.17) is 19.9 Å². The predicted molar refractivity (Wildman–Crippen MR) is 151 cm³/mol. The lowest BCUT2D eigenvalue weighted by Gasteiger charge is -2.20. The van der Waals surface area contributed by atoms with Gasteiger partial charge in [-0.05, 0) is 71.7 Å². The minimum atomic E-state index is -0.995. The zero-order chi connectivity index (χ0) is 30.2. The number of ether oxygens (including phenoxy) is 1. The first kappa shape index (κ1) is 30.7. The number of aryl methyl sites for hydroxylation is 3. The number of aromatic nitrogens is 3. The summed E-state index contributed by atoms with van der Waals surface area (Å²) in [6.07, 6.45) is 1.37. The fraction of sp³-hybridized carbons (Fsp3) is 0.355. The van der Waals surface area contributed by atoms with Crippen molar-refractivity contribution in [3.63, 3.8) is 0 Å². The average molecular weight is 582 g/mol. The number of nitrogens with zero attached hydrogens (tertiary/aromatic N) is 3. The fourth-order valence-electron chi connectivity index (χ4n) is 4.72. The minimum Gasteiger partial charge on any atom is -0.449 e. The highest BCUT2D eigenvalue weighted by molar-refractivity contribution is 5.68. The second kappa shape index (κ2) is 14.1. The van der Waals surface area contributed by atoms with Gasteiger partial charge in [-0.2, -0.15) is 0 Å². The van der Waals surface area contributed by atoms with E-state index in [1.165, 1.54) is 18.2 Å². The van der Waals surface area contributed by atoms with Crippen LogP contribution in [0.5, 0.6) is 0 Å². The first-order valence-electron chi connectivity index (χ1n) is 13.8. The molecule has 2 heterocycles. The third kappa shape index (κ3) is 7.94. The highest BCUT2D eigenvalue weighted by atomic mass is 19.2. The molecular weight excluding hydrogens is 547 g/mol. The molecule has 0 atom stereocenters. The van der Waals surface area contributed by atoms with Crippen LogP contribution in [0.4, 0.5) is 18.0 Å². The van der Waals surface area contributed by atoms with Gasteiger partial charge in [0, 0.05) is 32.1 Å². The smallest absolute Gasteiger partial charge is 0.407 e. The number of benzene rings is 2. The van der Waals surface area contributed by atoms with Crippen LogP contribution in [0.15, 0.2) is 46.9 Å². The Morgan fingerprint density at radius 2 is 1.69 bits per heavy atom. The summed E-state index contributed by atoms with van der Waals surface area (Å²) < 4.78 is 51.4. The Morgan fingerprint density at radius 1 is 0.952 bits per heavy atom. The molecule has 3 N–H and O–H groups in total. The molecule has 0 aliphatic carbocycles. The topological polar surface area (TPSA) is 116 Å². The van der Waals surface area contributed by atoms with Crippen LogP contribution in [0.3, 0.4) is 0 Å². The third-order valence-electron chi connectivity index (χ3n) is 6.69. The van der Waals surface area contributed by atoms with Crippen LogP contribution in [0, 0.1) is 30.3 Å². The van der Waals surface area contributed by atoms with Gasteiger partial charge in [0.15, 0.2) is 11.6 Å². The SMILES string of the molecule is Cc1nnc(-c2c(CCc3ccc(F)cc3)nc(CC(C)C)c(CN)c2CCOC(=O)NCc2ccc(F)c(F)c2)o1. The molecule has 0 aliphatic heterocycles. The van der Waals surface area contributed by atoms with E-state index in [1.807, 2.05) is 0 Å². The number of rotatable bonds is 12. The fourth-order valence-corrected chi connectivity index (χ4v) is 4.72. The Hall–Kier alpha value is -4.25. The number of carbonyl (C=O) groups excluding carboxylic acids is 1. The zero-order valence-electron chi connectivity index (χ0n) is 23.8. The average Bonchev–Trinajstić information content (AvgIpc) is 3.38. The van der Waals surface area contributed by atoms with E-state index in [2.05, 4.69) is 29.4 Å². The zero-order valence-corrected chi connectivity index (χ0v) is 23.8. The molecule has 11 heteroatoms. The van der Waals surface area contributed by atoms with Crippen molar-refractivity contribution < 1.29 is 27.1 Å². The molecule has 0 unspecified atom stereocenters. The summed E-state index contributed by atoms with van der Waals surface area (Å²) in [6, 6.07) is 9.72. The summed E-state index contributed by atoms with van der Waals surface area (Å²) >= 11 is 0. The van der Waals surface area contributed by atoms with Crippen LogP contribution in [0.25, 0.3) is 11.5 Å². The summed E-state index contributed by atoms with van der Waals surface area (Å²) in [6.45, 7) is 6.05. The van der Waals surface area contributed by atoms with Crippen molar-refractivity contribution in [3.05, 3.63) is 99.4 Å². The lowest BCUT2D eigenvalue weighted by atomic mass is 9.91. The highest BCUT2D eigenvalue weighted by Crippen LogP contribution is 2.32. The van der Waals surface area contributed by atoms with Crippen molar-refractivity contribution >= 4 is 6.09 Å². The molecule has 0 fully saturated rings. The van der Waals surface area contributed by atoms with Gasteiger partial charge in [0.05, 0.1) is 17.9 Å². The molecule has 8 nitrogen and oxygen atoms in total. The molecule has 1 amide bonds. The summed E-state index contributed by atoms with van der Waals surface area (Å²) in [4.78, 5) is 17.5. The summed E-state index contributed by atoms with van der Waals surface area (Å²) in [7, 11) is 0. The van der Waals surface area contributed by atoms with Crippen molar-refractivity contribution in [2.24, 2.45) is 11.7 Å². The summed E-state index contributed by atoms with van der Waals surface area (Å²) in [5.41, 5.74) is 11.4. The van der Waals surface area contributed by atoms with E-state index in [9.17, 15) is 18.0 Å². The molecule has 0 aliphatic rings. The van der Waals surface area contributed by atoms with E-state index in [1.54, 1.807) is 19.1 Å².